The average molecular weight is 461 g/mol. The van der Waals surface area contributed by atoms with Crippen molar-refractivity contribution < 1.29 is 22.3 Å². The first-order valence-corrected chi connectivity index (χ1v) is 11.1. The fourth-order valence-corrected chi connectivity index (χ4v) is 5.71. The van der Waals surface area contributed by atoms with Crippen molar-refractivity contribution in [2.24, 2.45) is 11.8 Å². The number of nitrogens with zero attached hydrogens (tertiary/aromatic N) is 3. The molecule has 4 heterocycles. The molecular weight excluding hydrogens is 438 g/mol. The maximum Gasteiger partial charge on any atom is 0.431 e. The normalized spacial score (nSPS) is 27.6. The van der Waals surface area contributed by atoms with Crippen LogP contribution in [0.1, 0.15) is 29.3 Å². The predicted octanol–water partition coefficient (Wildman–Crippen LogP) is 4.16. The number of ether oxygens (including phenoxy) is 1. The molecule has 3 aromatic rings. The maximum atomic E-state index is 14.6. The van der Waals surface area contributed by atoms with Gasteiger partial charge in [0.2, 0.25) is 0 Å². The summed E-state index contributed by atoms with van der Waals surface area (Å²) in [4.78, 5) is 13.0. The molecule has 4 atom stereocenters. The lowest BCUT2D eigenvalue weighted by Crippen LogP contribution is -2.44. The number of hydrogen-bond donors (Lipinski definition) is 2. The Morgan fingerprint density at radius 3 is 2.67 bits per heavy atom. The first kappa shape index (κ1) is 20.9. The number of halogens is 4. The molecule has 4 unspecified atom stereocenters. The molecule has 0 radical (unpaired) electrons. The van der Waals surface area contributed by atoms with Gasteiger partial charge in [-0.1, -0.05) is 12.1 Å². The zero-order chi connectivity index (χ0) is 22.7. The van der Waals surface area contributed by atoms with Crippen LogP contribution in [0.25, 0.3) is 11.0 Å². The van der Waals surface area contributed by atoms with E-state index < -0.39 is 11.9 Å². The highest BCUT2D eigenvalue weighted by Crippen LogP contribution is 2.41. The van der Waals surface area contributed by atoms with E-state index in [1.807, 2.05) is 6.07 Å². The van der Waals surface area contributed by atoms with E-state index in [1.165, 1.54) is 12.4 Å². The molecule has 3 aliphatic rings. The summed E-state index contributed by atoms with van der Waals surface area (Å²) in [6, 6.07) is 5.82. The predicted molar refractivity (Wildman–Crippen MR) is 113 cm³/mol. The second kappa shape index (κ2) is 7.66. The van der Waals surface area contributed by atoms with Crippen molar-refractivity contribution in [3.63, 3.8) is 0 Å². The van der Waals surface area contributed by atoms with Crippen molar-refractivity contribution in [3.05, 3.63) is 53.2 Å². The number of nitrogens with one attached hydrogen (secondary N) is 2. The Morgan fingerprint density at radius 1 is 1.12 bits per heavy atom. The van der Waals surface area contributed by atoms with Crippen molar-refractivity contribution in [2.45, 2.75) is 31.1 Å². The zero-order valence-corrected chi connectivity index (χ0v) is 17.7. The number of aromatic nitrogens is 3. The van der Waals surface area contributed by atoms with Gasteiger partial charge in [0.1, 0.15) is 29.3 Å². The molecule has 1 aromatic carbocycles. The Hall–Kier alpha value is -2.72. The molecule has 174 valence electrons. The second-order valence-corrected chi connectivity index (χ2v) is 9.21. The Labute approximate surface area is 187 Å². The lowest BCUT2D eigenvalue weighted by molar-refractivity contribution is -0.140. The molecule has 0 amide bonds. The van der Waals surface area contributed by atoms with Gasteiger partial charge in [0, 0.05) is 31.0 Å². The third-order valence-electron chi connectivity index (χ3n) is 7.33. The second-order valence-electron chi connectivity index (χ2n) is 9.21. The van der Waals surface area contributed by atoms with Gasteiger partial charge in [-0.25, -0.2) is 14.4 Å². The summed E-state index contributed by atoms with van der Waals surface area (Å²) in [6.07, 6.45) is -1.91. The van der Waals surface area contributed by atoms with E-state index in [0.29, 0.717) is 29.6 Å². The van der Waals surface area contributed by atoms with Gasteiger partial charge < -0.3 is 15.0 Å². The van der Waals surface area contributed by atoms with Crippen LogP contribution in [0.15, 0.2) is 30.6 Å². The van der Waals surface area contributed by atoms with Crippen LogP contribution in [0.5, 0.6) is 0 Å². The molecule has 2 N–H and O–H groups in total. The number of H-pyrrole nitrogens is 1. The summed E-state index contributed by atoms with van der Waals surface area (Å²) in [7, 11) is 0. The van der Waals surface area contributed by atoms with Crippen molar-refractivity contribution >= 4 is 16.9 Å². The van der Waals surface area contributed by atoms with Crippen LogP contribution < -0.4 is 5.32 Å². The molecule has 6 rings (SSSR count). The van der Waals surface area contributed by atoms with Gasteiger partial charge in [0.15, 0.2) is 0 Å². The Morgan fingerprint density at radius 2 is 1.91 bits per heavy atom. The molecule has 33 heavy (non-hydrogen) atoms. The molecule has 2 fully saturated rings. The maximum absolute atomic E-state index is 14.6. The highest BCUT2D eigenvalue weighted by molar-refractivity contribution is 5.88. The van der Waals surface area contributed by atoms with Crippen LogP contribution in [-0.4, -0.2) is 52.2 Å². The van der Waals surface area contributed by atoms with Gasteiger partial charge in [-0.05, 0) is 36.1 Å². The number of alkyl halides is 3. The van der Waals surface area contributed by atoms with Crippen LogP contribution in [0, 0.1) is 17.7 Å². The molecule has 2 saturated heterocycles. The average Bonchev–Trinajstić information content (AvgIpc) is 3.49. The van der Waals surface area contributed by atoms with E-state index >= 15 is 0 Å². The molecule has 0 spiro atoms. The lowest BCUT2D eigenvalue weighted by atomic mass is 9.82. The van der Waals surface area contributed by atoms with Crippen LogP contribution in [0.3, 0.4) is 0 Å². The summed E-state index contributed by atoms with van der Waals surface area (Å²) in [6.45, 7) is 3.32. The largest absolute Gasteiger partial charge is 0.431 e. The van der Waals surface area contributed by atoms with Crippen molar-refractivity contribution in [3.8, 4) is 0 Å². The summed E-state index contributed by atoms with van der Waals surface area (Å²) in [5.74, 6) is 1.04. The Kier molecular flexibility index (Phi) is 4.84. The van der Waals surface area contributed by atoms with Crippen molar-refractivity contribution in [2.75, 3.05) is 31.6 Å². The molecule has 10 heteroatoms. The minimum atomic E-state index is -4.52. The molecule has 0 saturated carbocycles. The third kappa shape index (κ3) is 3.56. The number of aromatic amines is 1. The van der Waals surface area contributed by atoms with Gasteiger partial charge >= 0.3 is 6.18 Å². The van der Waals surface area contributed by atoms with E-state index in [-0.39, 0.29) is 28.9 Å². The van der Waals surface area contributed by atoms with E-state index in [9.17, 15) is 17.6 Å². The molecule has 1 aliphatic carbocycles. The van der Waals surface area contributed by atoms with E-state index in [0.717, 1.165) is 44.4 Å². The smallest absolute Gasteiger partial charge is 0.381 e. The number of fused-ring (bicyclic) bond motifs is 3. The van der Waals surface area contributed by atoms with Crippen molar-refractivity contribution in [1.82, 2.24) is 19.9 Å². The Balaban J connectivity index is 1.39. The van der Waals surface area contributed by atoms with Gasteiger partial charge in [-0.15, -0.1) is 0 Å². The molecule has 6 nitrogen and oxygen atoms in total. The lowest BCUT2D eigenvalue weighted by Gasteiger charge is -2.40. The van der Waals surface area contributed by atoms with Crippen LogP contribution in [0.4, 0.5) is 23.4 Å². The molecule has 2 aliphatic heterocycles. The molecule has 0 bridgehead atoms. The van der Waals surface area contributed by atoms with Crippen LogP contribution in [-0.2, 0) is 17.3 Å². The highest BCUT2D eigenvalue weighted by atomic mass is 19.4. The minimum Gasteiger partial charge on any atom is -0.381 e. The quantitative estimate of drug-likeness (QED) is 0.574. The number of hydrogen-bond acceptors (Lipinski definition) is 5. The fourth-order valence-electron chi connectivity index (χ4n) is 5.71. The number of rotatable bonds is 3. The first-order chi connectivity index (χ1) is 15.9. The molecular formula is C23H23F4N5O. The number of anilines is 1. The monoisotopic (exact) mass is 461 g/mol. The first-order valence-electron chi connectivity index (χ1n) is 11.1. The van der Waals surface area contributed by atoms with Crippen molar-refractivity contribution in [1.29, 1.82) is 0 Å². The van der Waals surface area contributed by atoms with Gasteiger partial charge in [-0.2, -0.15) is 13.2 Å². The van der Waals surface area contributed by atoms with Gasteiger partial charge in [-0.3, -0.25) is 4.90 Å². The van der Waals surface area contributed by atoms with E-state index in [2.05, 4.69) is 25.2 Å². The topological polar surface area (TPSA) is 66.1 Å². The fraction of sp³-hybridized carbons (Fsp3) is 0.478. The third-order valence-corrected chi connectivity index (χ3v) is 7.33. The molecule has 2 aromatic heterocycles. The number of benzene rings is 1. The van der Waals surface area contributed by atoms with Crippen LogP contribution >= 0.6 is 0 Å². The summed E-state index contributed by atoms with van der Waals surface area (Å²) < 4.78 is 60.1. The van der Waals surface area contributed by atoms with Gasteiger partial charge in [0.25, 0.3) is 0 Å². The zero-order valence-electron chi connectivity index (χ0n) is 17.7. The summed E-state index contributed by atoms with van der Waals surface area (Å²) in [5.41, 5.74) is 0.724. The van der Waals surface area contributed by atoms with E-state index in [4.69, 9.17) is 4.74 Å². The highest BCUT2D eigenvalue weighted by Gasteiger charge is 2.44. The minimum absolute atomic E-state index is 0.0657. The standard InChI is InChI=1S/C23H23F4N5O/c24-17-3-1-2-15-14(17)4-5-18(32-7-12-9-33-10-13(12)8-32)20(15)31-22-16-6-19(23(25,26)27)30-21(16)28-11-29-22/h1-3,6,11-13,18,20H,4-5,7-10H2,(H2,28,29,30,31). The number of likely N-dealkylation sites (tertiary alicyclic amines) is 1. The Bertz CT molecular complexity index is 1180. The van der Waals surface area contributed by atoms with E-state index in [1.54, 1.807) is 6.07 Å². The SMILES string of the molecule is Fc1cccc2c1CCC(N1CC3COCC3C1)C2Nc1ncnc2[nH]c(C(F)(F)F)cc12. The summed E-state index contributed by atoms with van der Waals surface area (Å²) >= 11 is 0. The summed E-state index contributed by atoms with van der Waals surface area (Å²) in [5, 5.41) is 3.65. The van der Waals surface area contributed by atoms with Crippen LogP contribution in [0.2, 0.25) is 0 Å². The van der Waals surface area contributed by atoms with Gasteiger partial charge in [0.05, 0.1) is 24.6 Å².